The van der Waals surface area contributed by atoms with Crippen molar-refractivity contribution in [1.82, 2.24) is 10.2 Å². The van der Waals surface area contributed by atoms with Crippen molar-refractivity contribution in [3.05, 3.63) is 47.7 Å². The maximum atomic E-state index is 11.5. The van der Waals surface area contributed by atoms with Crippen LogP contribution >= 0.6 is 0 Å². The first-order valence-corrected chi connectivity index (χ1v) is 5.35. The Labute approximate surface area is 104 Å². The van der Waals surface area contributed by atoms with E-state index in [9.17, 15) is 4.79 Å². The fraction of sp³-hybridized carbons (Fsp3) is 0.154. The molecule has 0 atom stereocenters. The number of esters is 1. The lowest BCUT2D eigenvalue weighted by Crippen LogP contribution is -2.05. The Hall–Kier alpha value is -2.43. The summed E-state index contributed by atoms with van der Waals surface area (Å²) in [5.74, 6) is 0.214. The minimum absolute atomic E-state index is 0.133. The van der Waals surface area contributed by atoms with Gasteiger partial charge in [0.2, 0.25) is 0 Å². The Kier molecular flexibility index (Phi) is 3.52. The summed E-state index contributed by atoms with van der Waals surface area (Å²) in [5, 5.41) is 7.49. The molecule has 0 N–H and O–H groups in total. The highest BCUT2D eigenvalue weighted by molar-refractivity contribution is 5.91. The lowest BCUT2D eigenvalue weighted by Gasteiger charge is -2.07. The normalized spacial score (nSPS) is 9.89. The summed E-state index contributed by atoms with van der Waals surface area (Å²) in [5.41, 5.74) is 1.36. The van der Waals surface area contributed by atoms with E-state index in [1.807, 2.05) is 19.1 Å². The molecular weight excluding hydrogens is 232 g/mol. The highest BCUT2D eigenvalue weighted by atomic mass is 16.5. The van der Waals surface area contributed by atoms with E-state index >= 15 is 0 Å². The number of methoxy groups -OCH3 is 1. The van der Waals surface area contributed by atoms with E-state index in [2.05, 4.69) is 14.9 Å². The molecule has 0 fully saturated rings. The highest BCUT2D eigenvalue weighted by Gasteiger charge is 2.15. The van der Waals surface area contributed by atoms with Crippen LogP contribution < -0.4 is 4.74 Å². The third-order valence-electron chi connectivity index (χ3n) is 2.33. The Morgan fingerprint density at radius 1 is 1.17 bits per heavy atom. The van der Waals surface area contributed by atoms with Gasteiger partial charge in [0.25, 0.3) is 5.88 Å². The number of carbonyl (C=O) groups is 1. The number of hydrogen-bond acceptors (Lipinski definition) is 5. The monoisotopic (exact) mass is 244 g/mol. The second-order valence-electron chi connectivity index (χ2n) is 3.66. The van der Waals surface area contributed by atoms with Crippen LogP contribution in [0.1, 0.15) is 15.9 Å². The standard InChI is InChI=1S/C13H12N2O3/c1-9-3-5-10(6-4-9)18-12-11(13(16)17-2)7-8-14-15-12/h3-8H,1-2H3. The van der Waals surface area contributed by atoms with Crippen molar-refractivity contribution in [3.63, 3.8) is 0 Å². The first kappa shape index (κ1) is 12.0. The molecule has 0 aliphatic carbocycles. The van der Waals surface area contributed by atoms with Gasteiger partial charge in [-0.2, -0.15) is 5.10 Å². The summed E-state index contributed by atoms with van der Waals surface area (Å²) in [6, 6.07) is 8.91. The number of aromatic nitrogens is 2. The van der Waals surface area contributed by atoms with Gasteiger partial charge >= 0.3 is 5.97 Å². The third-order valence-corrected chi connectivity index (χ3v) is 2.33. The van der Waals surface area contributed by atoms with Crippen LogP contribution in [0.4, 0.5) is 0 Å². The number of rotatable bonds is 3. The second kappa shape index (κ2) is 5.27. The topological polar surface area (TPSA) is 61.3 Å². The summed E-state index contributed by atoms with van der Waals surface area (Å²) in [6.45, 7) is 1.98. The number of ether oxygens (including phenoxy) is 2. The largest absolute Gasteiger partial charge is 0.465 e. The molecule has 1 heterocycles. The third kappa shape index (κ3) is 2.63. The second-order valence-corrected chi connectivity index (χ2v) is 3.66. The molecule has 5 heteroatoms. The molecule has 0 aliphatic rings. The van der Waals surface area contributed by atoms with Gasteiger partial charge in [0, 0.05) is 0 Å². The van der Waals surface area contributed by atoms with Crippen molar-refractivity contribution in [2.75, 3.05) is 7.11 Å². The zero-order valence-electron chi connectivity index (χ0n) is 10.1. The van der Waals surface area contributed by atoms with E-state index in [0.717, 1.165) is 5.56 Å². The molecule has 5 nitrogen and oxygen atoms in total. The van der Waals surface area contributed by atoms with Crippen LogP contribution in [0.2, 0.25) is 0 Å². The maximum Gasteiger partial charge on any atom is 0.343 e. The molecule has 1 aromatic heterocycles. The zero-order valence-corrected chi connectivity index (χ0v) is 10.1. The van der Waals surface area contributed by atoms with Gasteiger partial charge in [-0.15, -0.1) is 5.10 Å². The Morgan fingerprint density at radius 2 is 1.89 bits per heavy atom. The first-order valence-electron chi connectivity index (χ1n) is 5.35. The van der Waals surface area contributed by atoms with E-state index in [1.54, 1.807) is 12.1 Å². The molecule has 0 amide bonds. The number of carbonyl (C=O) groups excluding carboxylic acids is 1. The summed E-state index contributed by atoms with van der Waals surface area (Å²) < 4.78 is 10.2. The zero-order chi connectivity index (χ0) is 13.0. The highest BCUT2D eigenvalue weighted by Crippen LogP contribution is 2.22. The average Bonchev–Trinajstić information content (AvgIpc) is 2.41. The molecule has 2 aromatic rings. The van der Waals surface area contributed by atoms with Gasteiger partial charge in [-0.25, -0.2) is 4.79 Å². The van der Waals surface area contributed by atoms with Crippen LogP contribution in [0.25, 0.3) is 0 Å². The average molecular weight is 244 g/mol. The number of benzene rings is 1. The van der Waals surface area contributed by atoms with E-state index < -0.39 is 5.97 Å². The molecular formula is C13H12N2O3. The number of nitrogens with zero attached hydrogens (tertiary/aromatic N) is 2. The van der Waals surface area contributed by atoms with Crippen LogP contribution in [0.3, 0.4) is 0 Å². The van der Waals surface area contributed by atoms with Crippen molar-refractivity contribution in [2.45, 2.75) is 6.92 Å². The van der Waals surface area contributed by atoms with Crippen molar-refractivity contribution in [3.8, 4) is 11.6 Å². The fourth-order valence-corrected chi connectivity index (χ4v) is 1.38. The van der Waals surface area contributed by atoms with Gasteiger partial charge in [0.1, 0.15) is 11.3 Å². The Morgan fingerprint density at radius 3 is 2.56 bits per heavy atom. The van der Waals surface area contributed by atoms with E-state index in [4.69, 9.17) is 4.74 Å². The lowest BCUT2D eigenvalue weighted by molar-refractivity contribution is 0.0596. The van der Waals surface area contributed by atoms with Crippen molar-refractivity contribution >= 4 is 5.97 Å². The minimum Gasteiger partial charge on any atom is -0.465 e. The molecule has 92 valence electrons. The van der Waals surface area contributed by atoms with Gasteiger partial charge < -0.3 is 9.47 Å². The molecule has 0 radical (unpaired) electrons. The molecule has 1 aromatic carbocycles. The van der Waals surface area contributed by atoms with Crippen LogP contribution in [-0.4, -0.2) is 23.3 Å². The molecule has 0 bridgehead atoms. The van der Waals surface area contributed by atoms with Crippen LogP contribution in [-0.2, 0) is 4.74 Å². The van der Waals surface area contributed by atoms with Gasteiger partial charge in [0.05, 0.1) is 13.3 Å². The molecule has 0 unspecified atom stereocenters. The summed E-state index contributed by atoms with van der Waals surface area (Å²) in [4.78, 5) is 11.5. The van der Waals surface area contributed by atoms with Gasteiger partial charge in [0.15, 0.2) is 0 Å². The van der Waals surface area contributed by atoms with E-state index in [-0.39, 0.29) is 11.4 Å². The summed E-state index contributed by atoms with van der Waals surface area (Å²) in [6.07, 6.45) is 1.41. The predicted octanol–water partition coefficient (Wildman–Crippen LogP) is 2.36. The fourth-order valence-electron chi connectivity index (χ4n) is 1.38. The van der Waals surface area contributed by atoms with E-state index in [0.29, 0.717) is 5.75 Å². The molecule has 2 rings (SSSR count). The quantitative estimate of drug-likeness (QED) is 0.775. The lowest BCUT2D eigenvalue weighted by atomic mass is 10.2. The van der Waals surface area contributed by atoms with Crippen molar-refractivity contribution < 1.29 is 14.3 Å². The summed E-state index contributed by atoms with van der Waals surface area (Å²) >= 11 is 0. The van der Waals surface area contributed by atoms with E-state index in [1.165, 1.54) is 19.4 Å². The molecule has 0 saturated carbocycles. The molecule has 0 aliphatic heterocycles. The van der Waals surface area contributed by atoms with Crippen LogP contribution in [0.15, 0.2) is 36.5 Å². The SMILES string of the molecule is COC(=O)c1ccnnc1Oc1ccc(C)cc1. The Balaban J connectivity index is 2.28. The Bertz CT molecular complexity index is 552. The van der Waals surface area contributed by atoms with Gasteiger partial charge in [-0.05, 0) is 25.1 Å². The van der Waals surface area contributed by atoms with Crippen molar-refractivity contribution in [1.29, 1.82) is 0 Å². The van der Waals surface area contributed by atoms with Crippen LogP contribution in [0, 0.1) is 6.92 Å². The van der Waals surface area contributed by atoms with Crippen LogP contribution in [0.5, 0.6) is 11.6 Å². The van der Waals surface area contributed by atoms with Gasteiger partial charge in [-0.1, -0.05) is 17.7 Å². The number of aryl methyl sites for hydroxylation is 1. The first-order chi connectivity index (χ1) is 8.70. The molecule has 0 spiro atoms. The van der Waals surface area contributed by atoms with Gasteiger partial charge in [-0.3, -0.25) is 0 Å². The number of hydrogen-bond donors (Lipinski definition) is 0. The predicted molar refractivity (Wildman–Crippen MR) is 64.6 cm³/mol. The smallest absolute Gasteiger partial charge is 0.343 e. The summed E-state index contributed by atoms with van der Waals surface area (Å²) in [7, 11) is 1.30. The maximum absolute atomic E-state index is 11.5. The minimum atomic E-state index is -0.507. The molecule has 0 saturated heterocycles. The molecule has 18 heavy (non-hydrogen) atoms. The van der Waals surface area contributed by atoms with Crippen molar-refractivity contribution in [2.24, 2.45) is 0 Å².